The van der Waals surface area contributed by atoms with Crippen LogP contribution in [0.3, 0.4) is 0 Å². The average Bonchev–Trinajstić information content (AvgIpc) is 2.45. The SMILES string of the molecule is CC(C)(C)c1nsc2c1C=CCC2. The predicted molar refractivity (Wildman–Crippen MR) is 58.2 cm³/mol. The van der Waals surface area contributed by atoms with E-state index in [1.807, 2.05) is 0 Å². The van der Waals surface area contributed by atoms with Crippen molar-refractivity contribution in [1.29, 1.82) is 0 Å². The summed E-state index contributed by atoms with van der Waals surface area (Å²) in [4.78, 5) is 1.47. The summed E-state index contributed by atoms with van der Waals surface area (Å²) in [5.74, 6) is 0. The van der Waals surface area contributed by atoms with Crippen LogP contribution in [0.15, 0.2) is 6.08 Å². The van der Waals surface area contributed by atoms with E-state index in [0.29, 0.717) is 0 Å². The molecule has 0 fully saturated rings. The Morgan fingerprint density at radius 1 is 1.38 bits per heavy atom. The molecule has 0 aliphatic heterocycles. The molecule has 2 rings (SSSR count). The van der Waals surface area contributed by atoms with Gasteiger partial charge in [0.2, 0.25) is 0 Å². The average molecular weight is 193 g/mol. The zero-order chi connectivity index (χ0) is 9.47. The molecule has 13 heavy (non-hydrogen) atoms. The van der Waals surface area contributed by atoms with Crippen molar-refractivity contribution in [2.45, 2.75) is 39.0 Å². The van der Waals surface area contributed by atoms with Gasteiger partial charge in [0.1, 0.15) is 0 Å². The lowest BCUT2D eigenvalue weighted by Gasteiger charge is -2.17. The molecule has 0 radical (unpaired) electrons. The van der Waals surface area contributed by atoms with Crippen molar-refractivity contribution in [3.63, 3.8) is 0 Å². The maximum absolute atomic E-state index is 4.56. The highest BCUT2D eigenvalue weighted by Crippen LogP contribution is 2.33. The van der Waals surface area contributed by atoms with Crippen LogP contribution in [-0.2, 0) is 11.8 Å². The van der Waals surface area contributed by atoms with Crippen molar-refractivity contribution in [1.82, 2.24) is 4.37 Å². The van der Waals surface area contributed by atoms with Gasteiger partial charge in [-0.2, -0.15) is 4.37 Å². The van der Waals surface area contributed by atoms with Gasteiger partial charge < -0.3 is 0 Å². The third kappa shape index (κ3) is 1.55. The van der Waals surface area contributed by atoms with Gasteiger partial charge in [-0.3, -0.25) is 0 Å². The van der Waals surface area contributed by atoms with Crippen molar-refractivity contribution >= 4 is 17.6 Å². The first-order valence-electron chi connectivity index (χ1n) is 4.74. The number of rotatable bonds is 0. The van der Waals surface area contributed by atoms with E-state index in [1.165, 1.54) is 29.0 Å². The van der Waals surface area contributed by atoms with E-state index in [2.05, 4.69) is 37.3 Å². The van der Waals surface area contributed by atoms with Crippen LogP contribution in [-0.4, -0.2) is 4.37 Å². The highest BCUT2D eigenvalue weighted by Gasteiger charge is 2.23. The molecule has 1 aromatic heterocycles. The third-order valence-corrected chi connectivity index (χ3v) is 3.25. The summed E-state index contributed by atoms with van der Waals surface area (Å²) in [5.41, 5.74) is 2.85. The van der Waals surface area contributed by atoms with Crippen molar-refractivity contribution in [2.75, 3.05) is 0 Å². The molecule has 0 unspecified atom stereocenters. The van der Waals surface area contributed by atoms with Gasteiger partial charge in [-0.05, 0) is 24.4 Å². The molecular weight excluding hydrogens is 178 g/mol. The monoisotopic (exact) mass is 193 g/mol. The van der Waals surface area contributed by atoms with E-state index in [-0.39, 0.29) is 5.41 Å². The first kappa shape index (κ1) is 8.95. The lowest BCUT2D eigenvalue weighted by Crippen LogP contribution is -2.13. The molecule has 0 saturated heterocycles. The van der Waals surface area contributed by atoms with E-state index in [9.17, 15) is 0 Å². The molecular formula is C11H15NS. The third-order valence-electron chi connectivity index (χ3n) is 2.34. The highest BCUT2D eigenvalue weighted by molar-refractivity contribution is 7.06. The molecule has 2 heteroatoms. The summed E-state index contributed by atoms with van der Waals surface area (Å²) in [6, 6.07) is 0. The summed E-state index contributed by atoms with van der Waals surface area (Å²) in [6.07, 6.45) is 6.85. The Balaban J connectivity index is 2.51. The number of aryl methyl sites for hydroxylation is 1. The molecule has 1 nitrogen and oxygen atoms in total. The quantitative estimate of drug-likeness (QED) is 0.615. The Labute approximate surface area is 83.7 Å². The number of allylic oxidation sites excluding steroid dienone is 1. The van der Waals surface area contributed by atoms with Crippen molar-refractivity contribution in [2.24, 2.45) is 0 Å². The lowest BCUT2D eigenvalue weighted by atomic mass is 9.87. The molecule has 1 aromatic rings. The second kappa shape index (κ2) is 2.95. The zero-order valence-electron chi connectivity index (χ0n) is 8.42. The standard InChI is InChI=1S/C11H15NS/c1-11(2,3)10-8-6-4-5-7-9(8)13-12-10/h4,6H,5,7H2,1-3H3. The maximum Gasteiger partial charge on any atom is 0.0670 e. The Morgan fingerprint density at radius 2 is 2.15 bits per heavy atom. The van der Waals surface area contributed by atoms with Crippen LogP contribution in [0.4, 0.5) is 0 Å². The Hall–Kier alpha value is -0.630. The Morgan fingerprint density at radius 3 is 2.85 bits per heavy atom. The van der Waals surface area contributed by atoms with Crippen molar-refractivity contribution in [3.05, 3.63) is 22.2 Å². The second-order valence-corrected chi connectivity index (χ2v) is 5.42. The van der Waals surface area contributed by atoms with Gasteiger partial charge in [-0.1, -0.05) is 32.9 Å². The predicted octanol–water partition coefficient (Wildman–Crippen LogP) is 3.40. The van der Waals surface area contributed by atoms with Crippen LogP contribution < -0.4 is 0 Å². The Kier molecular flexibility index (Phi) is 2.03. The van der Waals surface area contributed by atoms with Gasteiger partial charge in [0.05, 0.1) is 5.69 Å². The number of hydrogen-bond donors (Lipinski definition) is 0. The van der Waals surface area contributed by atoms with Crippen LogP contribution in [0.1, 0.15) is 43.3 Å². The minimum atomic E-state index is 0.186. The molecule has 0 atom stereocenters. The van der Waals surface area contributed by atoms with Gasteiger partial charge in [0, 0.05) is 15.9 Å². The van der Waals surface area contributed by atoms with Gasteiger partial charge in [-0.25, -0.2) is 0 Å². The number of aromatic nitrogens is 1. The van der Waals surface area contributed by atoms with Crippen molar-refractivity contribution in [3.8, 4) is 0 Å². The van der Waals surface area contributed by atoms with Crippen LogP contribution in [0.25, 0.3) is 6.08 Å². The van der Waals surface area contributed by atoms with E-state index in [4.69, 9.17) is 0 Å². The van der Waals surface area contributed by atoms with Gasteiger partial charge in [0.15, 0.2) is 0 Å². The molecule has 70 valence electrons. The lowest BCUT2D eigenvalue weighted by molar-refractivity contribution is 0.574. The molecule has 0 N–H and O–H groups in total. The minimum Gasteiger partial charge on any atom is -0.196 e. The van der Waals surface area contributed by atoms with Crippen LogP contribution >= 0.6 is 11.5 Å². The molecule has 0 saturated carbocycles. The zero-order valence-corrected chi connectivity index (χ0v) is 9.24. The summed E-state index contributed by atoms with van der Waals surface area (Å²) in [6.45, 7) is 6.68. The molecule has 1 aliphatic carbocycles. The smallest absolute Gasteiger partial charge is 0.0670 e. The summed E-state index contributed by atoms with van der Waals surface area (Å²) < 4.78 is 4.56. The van der Waals surface area contributed by atoms with E-state index >= 15 is 0 Å². The molecule has 0 amide bonds. The molecule has 0 aromatic carbocycles. The normalized spacial score (nSPS) is 15.9. The van der Waals surface area contributed by atoms with Gasteiger partial charge >= 0.3 is 0 Å². The molecule has 1 heterocycles. The fourth-order valence-corrected chi connectivity index (χ4v) is 2.69. The largest absolute Gasteiger partial charge is 0.196 e. The van der Waals surface area contributed by atoms with Gasteiger partial charge in [0.25, 0.3) is 0 Å². The summed E-state index contributed by atoms with van der Waals surface area (Å²) in [7, 11) is 0. The molecule has 0 bridgehead atoms. The summed E-state index contributed by atoms with van der Waals surface area (Å²) in [5, 5.41) is 0. The highest BCUT2D eigenvalue weighted by atomic mass is 32.1. The summed E-state index contributed by atoms with van der Waals surface area (Å²) >= 11 is 1.68. The number of nitrogens with zero attached hydrogens (tertiary/aromatic N) is 1. The first-order valence-corrected chi connectivity index (χ1v) is 5.52. The Bertz CT molecular complexity index is 341. The van der Waals surface area contributed by atoms with Crippen molar-refractivity contribution < 1.29 is 0 Å². The van der Waals surface area contributed by atoms with Crippen LogP contribution in [0, 0.1) is 0 Å². The van der Waals surface area contributed by atoms with Gasteiger partial charge in [-0.15, -0.1) is 0 Å². The van der Waals surface area contributed by atoms with E-state index in [0.717, 1.165) is 0 Å². The fraction of sp³-hybridized carbons (Fsp3) is 0.545. The van der Waals surface area contributed by atoms with E-state index in [1.54, 1.807) is 11.5 Å². The van der Waals surface area contributed by atoms with Crippen LogP contribution in [0.2, 0.25) is 0 Å². The molecule has 1 aliphatic rings. The molecule has 0 spiro atoms. The maximum atomic E-state index is 4.56. The second-order valence-electron chi connectivity index (χ2n) is 4.56. The number of fused-ring (bicyclic) bond motifs is 1. The van der Waals surface area contributed by atoms with E-state index < -0.39 is 0 Å². The minimum absolute atomic E-state index is 0.186. The first-order chi connectivity index (χ1) is 6.09. The van der Waals surface area contributed by atoms with Crippen LogP contribution in [0.5, 0.6) is 0 Å². The number of hydrogen-bond acceptors (Lipinski definition) is 2. The fourth-order valence-electron chi connectivity index (χ4n) is 1.64. The topological polar surface area (TPSA) is 12.9 Å².